The Morgan fingerprint density at radius 2 is 1.43 bits per heavy atom. The monoisotopic (exact) mass is 461 g/mol. The van der Waals surface area contributed by atoms with E-state index >= 15 is 0 Å². The Labute approximate surface area is 203 Å². The van der Waals surface area contributed by atoms with Gasteiger partial charge in [0.25, 0.3) is 0 Å². The summed E-state index contributed by atoms with van der Waals surface area (Å²) in [6.07, 6.45) is 1.33. The lowest BCUT2D eigenvalue weighted by Gasteiger charge is -2.39. The summed E-state index contributed by atoms with van der Waals surface area (Å²) in [6.45, 7) is 6.17. The van der Waals surface area contributed by atoms with Gasteiger partial charge >= 0.3 is 0 Å². The van der Waals surface area contributed by atoms with Crippen molar-refractivity contribution in [1.29, 1.82) is 10.5 Å². The predicted molar refractivity (Wildman–Crippen MR) is 129 cm³/mol. The Hall–Kier alpha value is -4.43. The van der Waals surface area contributed by atoms with Gasteiger partial charge in [-0.2, -0.15) is 20.8 Å². The Kier molecular flexibility index (Phi) is 4.99. The van der Waals surface area contributed by atoms with Gasteiger partial charge in [0.2, 0.25) is 5.91 Å². The fourth-order valence-corrected chi connectivity index (χ4v) is 5.60. The molecular weight excluding hydrogens is 438 g/mol. The third-order valence-corrected chi connectivity index (χ3v) is 8.03. The van der Waals surface area contributed by atoms with Crippen LogP contribution in [0.5, 0.6) is 0 Å². The molecule has 1 heterocycles. The second-order valence-electron chi connectivity index (χ2n) is 9.74. The van der Waals surface area contributed by atoms with Gasteiger partial charge in [-0.3, -0.25) is 4.79 Å². The van der Waals surface area contributed by atoms with Crippen LogP contribution >= 0.6 is 0 Å². The van der Waals surface area contributed by atoms with Crippen LogP contribution in [0.1, 0.15) is 56.4 Å². The smallest absolute Gasteiger partial charge is 0.237 e. The summed E-state index contributed by atoms with van der Waals surface area (Å²) in [6, 6.07) is 20.5. The molecule has 2 unspecified atom stereocenters. The van der Waals surface area contributed by atoms with E-state index in [2.05, 4.69) is 32.4 Å². The zero-order valence-electron chi connectivity index (χ0n) is 19.7. The molecule has 3 aromatic rings. The van der Waals surface area contributed by atoms with Crippen LogP contribution in [0.25, 0.3) is 0 Å². The van der Waals surface area contributed by atoms with E-state index in [0.717, 1.165) is 12.1 Å². The van der Waals surface area contributed by atoms with Gasteiger partial charge < -0.3 is 5.32 Å². The normalized spacial score (nSPS) is 23.5. The number of carbonyl (C=O) groups is 1. The lowest BCUT2D eigenvalue weighted by molar-refractivity contribution is -0.125. The lowest BCUT2D eigenvalue weighted by atomic mass is 9.63. The zero-order chi connectivity index (χ0) is 24.8. The van der Waals surface area contributed by atoms with Gasteiger partial charge in [-0.1, -0.05) is 39.0 Å². The maximum Gasteiger partial charge on any atom is 0.237 e. The molecule has 2 atom stereocenters. The summed E-state index contributed by atoms with van der Waals surface area (Å²) >= 11 is 0. The van der Waals surface area contributed by atoms with Gasteiger partial charge in [0.05, 0.1) is 28.2 Å². The van der Waals surface area contributed by atoms with Crippen LogP contribution in [0.4, 0.5) is 17.1 Å². The molecule has 2 aliphatic carbocycles. The molecule has 0 radical (unpaired) electrons. The Morgan fingerprint density at radius 3 is 2.03 bits per heavy atom. The molecule has 172 valence electrons. The summed E-state index contributed by atoms with van der Waals surface area (Å²) in [7, 11) is 0. The van der Waals surface area contributed by atoms with Gasteiger partial charge in [-0.15, -0.1) is 0 Å². The van der Waals surface area contributed by atoms with E-state index < -0.39 is 16.2 Å². The SMILES string of the molecule is CC12CCC(C(=O)Nc3ccc(N=Nc4ccccc4)cc3)(c3nc(C#N)c(C#N)nc31)C2(C)C. The molecule has 8 heteroatoms. The first kappa shape index (κ1) is 22.4. The van der Waals surface area contributed by atoms with Crippen molar-refractivity contribution >= 4 is 23.0 Å². The average molecular weight is 462 g/mol. The molecule has 5 rings (SSSR count). The van der Waals surface area contributed by atoms with Crippen LogP contribution < -0.4 is 5.32 Å². The summed E-state index contributed by atoms with van der Waals surface area (Å²) in [5, 5.41) is 30.5. The number of amides is 1. The van der Waals surface area contributed by atoms with E-state index in [1.54, 1.807) is 24.3 Å². The third kappa shape index (κ3) is 3.07. The van der Waals surface area contributed by atoms with Crippen molar-refractivity contribution < 1.29 is 4.79 Å². The average Bonchev–Trinajstić information content (AvgIpc) is 3.17. The van der Waals surface area contributed by atoms with Gasteiger partial charge in [-0.25, -0.2) is 9.97 Å². The Balaban J connectivity index is 1.47. The molecule has 35 heavy (non-hydrogen) atoms. The number of hydrogen-bond donors (Lipinski definition) is 1. The molecule has 1 N–H and O–H groups in total. The highest BCUT2D eigenvalue weighted by molar-refractivity contribution is 6.01. The molecule has 8 nitrogen and oxygen atoms in total. The number of carbonyl (C=O) groups excluding carboxylic acids is 1. The van der Waals surface area contributed by atoms with Crippen LogP contribution in [0.3, 0.4) is 0 Å². The second kappa shape index (κ2) is 7.82. The van der Waals surface area contributed by atoms with E-state index in [9.17, 15) is 15.3 Å². The van der Waals surface area contributed by atoms with Crippen molar-refractivity contribution in [3.8, 4) is 12.1 Å². The standard InChI is InChI=1S/C27H23N7O/c1-25(2)26(3)13-14-27(25,23-22(26)31-20(15-28)21(16-29)32-23)24(35)30-17-9-11-19(12-10-17)34-33-18-7-5-4-6-8-18/h4-12H,13-14H2,1-3H3,(H,30,35). The van der Waals surface area contributed by atoms with Crippen LogP contribution in [0.2, 0.25) is 0 Å². The maximum atomic E-state index is 13.9. The number of nitrogens with zero attached hydrogens (tertiary/aromatic N) is 6. The van der Waals surface area contributed by atoms with E-state index in [1.807, 2.05) is 56.3 Å². The van der Waals surface area contributed by atoms with Crippen molar-refractivity contribution in [2.75, 3.05) is 5.32 Å². The van der Waals surface area contributed by atoms with Gasteiger partial charge in [0, 0.05) is 11.1 Å². The first-order valence-electron chi connectivity index (χ1n) is 11.4. The van der Waals surface area contributed by atoms with Gasteiger partial charge in [0.1, 0.15) is 12.1 Å². The molecule has 1 fully saturated rings. The van der Waals surface area contributed by atoms with Crippen LogP contribution in [-0.4, -0.2) is 15.9 Å². The van der Waals surface area contributed by atoms with Crippen molar-refractivity contribution in [2.45, 2.75) is 44.4 Å². The first-order valence-corrected chi connectivity index (χ1v) is 11.4. The molecule has 1 amide bonds. The summed E-state index contributed by atoms with van der Waals surface area (Å²) < 4.78 is 0. The zero-order valence-corrected chi connectivity index (χ0v) is 19.7. The molecule has 1 aromatic heterocycles. The number of rotatable bonds is 4. The molecule has 0 aliphatic heterocycles. The Morgan fingerprint density at radius 1 is 0.857 bits per heavy atom. The highest BCUT2D eigenvalue weighted by Crippen LogP contribution is 2.70. The highest BCUT2D eigenvalue weighted by atomic mass is 16.2. The first-order chi connectivity index (χ1) is 16.8. The van der Waals surface area contributed by atoms with Crippen molar-refractivity contribution in [2.24, 2.45) is 15.6 Å². The number of anilines is 1. The molecular formula is C27H23N7O. The number of fused-ring (bicyclic) bond motifs is 5. The minimum Gasteiger partial charge on any atom is -0.325 e. The molecule has 2 bridgehead atoms. The number of nitrogens with one attached hydrogen (secondary N) is 1. The molecule has 2 aromatic carbocycles. The third-order valence-electron chi connectivity index (χ3n) is 8.03. The number of azo groups is 1. The van der Waals surface area contributed by atoms with Crippen molar-refractivity contribution in [1.82, 2.24) is 9.97 Å². The lowest BCUT2D eigenvalue weighted by Crippen LogP contribution is -2.48. The largest absolute Gasteiger partial charge is 0.325 e. The summed E-state index contributed by atoms with van der Waals surface area (Å²) in [4.78, 5) is 23.0. The van der Waals surface area contributed by atoms with Crippen molar-refractivity contribution in [3.05, 3.63) is 77.4 Å². The van der Waals surface area contributed by atoms with Gasteiger partial charge in [-0.05, 0) is 54.7 Å². The number of aromatic nitrogens is 2. The summed E-state index contributed by atoms with van der Waals surface area (Å²) in [5.74, 6) is -0.188. The molecule has 0 spiro atoms. The molecule has 2 aliphatic rings. The maximum absolute atomic E-state index is 13.9. The highest BCUT2D eigenvalue weighted by Gasteiger charge is 2.73. The topological polar surface area (TPSA) is 127 Å². The van der Waals surface area contributed by atoms with Crippen molar-refractivity contribution in [3.63, 3.8) is 0 Å². The van der Waals surface area contributed by atoms with E-state index in [1.165, 1.54) is 0 Å². The molecule has 1 saturated carbocycles. The van der Waals surface area contributed by atoms with Crippen LogP contribution in [-0.2, 0) is 15.6 Å². The minimum absolute atomic E-state index is 0.00615. The van der Waals surface area contributed by atoms with E-state index in [4.69, 9.17) is 0 Å². The van der Waals surface area contributed by atoms with E-state index in [0.29, 0.717) is 29.2 Å². The number of hydrogen-bond acceptors (Lipinski definition) is 7. The number of benzene rings is 2. The minimum atomic E-state index is -0.963. The fourth-order valence-electron chi connectivity index (χ4n) is 5.60. The molecule has 0 saturated heterocycles. The summed E-state index contributed by atoms with van der Waals surface area (Å²) in [5.41, 5.74) is 1.26. The second-order valence-corrected chi connectivity index (χ2v) is 9.74. The van der Waals surface area contributed by atoms with E-state index in [-0.39, 0.29) is 17.3 Å². The quantitative estimate of drug-likeness (QED) is 0.506. The number of nitriles is 2. The predicted octanol–water partition coefficient (Wildman–Crippen LogP) is 5.60. The van der Waals surface area contributed by atoms with Crippen LogP contribution in [0, 0.1) is 28.1 Å². The van der Waals surface area contributed by atoms with Crippen LogP contribution in [0.15, 0.2) is 64.8 Å². The fraction of sp³-hybridized carbons (Fsp3) is 0.296. The van der Waals surface area contributed by atoms with Gasteiger partial charge in [0.15, 0.2) is 11.4 Å². The Bertz CT molecular complexity index is 1450.